The first-order valence-corrected chi connectivity index (χ1v) is 5.38. The molecule has 0 bridgehead atoms. The minimum absolute atomic E-state index is 0.274. The molecule has 1 unspecified atom stereocenters. The molecule has 1 N–H and O–H groups in total. The zero-order valence-electron chi connectivity index (χ0n) is 8.29. The van der Waals surface area contributed by atoms with Crippen LogP contribution < -0.4 is 0 Å². The van der Waals surface area contributed by atoms with Crippen molar-refractivity contribution in [1.82, 2.24) is 4.90 Å². The van der Waals surface area contributed by atoms with Gasteiger partial charge in [0.1, 0.15) is 5.82 Å². The van der Waals surface area contributed by atoms with Gasteiger partial charge in [0.05, 0.1) is 6.10 Å². The Balaban J connectivity index is 2.10. The standard InChI is InChI=1S/C11H13ClFNO/c12-10-2-1-3-11(13)9(10)7-14-5-4-8(15)6-14/h1-3,8,15H,4-7H2. The zero-order chi connectivity index (χ0) is 10.8. The lowest BCUT2D eigenvalue weighted by atomic mass is 10.2. The van der Waals surface area contributed by atoms with Crippen LogP contribution in [0.1, 0.15) is 12.0 Å². The molecule has 2 rings (SSSR count). The first-order chi connectivity index (χ1) is 7.16. The van der Waals surface area contributed by atoms with E-state index in [4.69, 9.17) is 11.6 Å². The maximum atomic E-state index is 13.4. The largest absolute Gasteiger partial charge is 0.392 e. The number of aliphatic hydroxyl groups excluding tert-OH is 1. The van der Waals surface area contributed by atoms with Crippen LogP contribution in [0.2, 0.25) is 5.02 Å². The van der Waals surface area contributed by atoms with Crippen molar-refractivity contribution in [1.29, 1.82) is 0 Å². The highest BCUT2D eigenvalue weighted by Crippen LogP contribution is 2.22. The van der Waals surface area contributed by atoms with Crippen molar-refractivity contribution in [3.63, 3.8) is 0 Å². The Morgan fingerprint density at radius 1 is 1.53 bits per heavy atom. The Morgan fingerprint density at radius 3 is 2.93 bits per heavy atom. The van der Waals surface area contributed by atoms with Gasteiger partial charge in [-0.3, -0.25) is 4.90 Å². The lowest BCUT2D eigenvalue weighted by Crippen LogP contribution is -2.22. The molecule has 0 aromatic heterocycles. The Bertz CT molecular complexity index is 338. The normalized spacial score (nSPS) is 22.2. The molecular weight excluding hydrogens is 217 g/mol. The lowest BCUT2D eigenvalue weighted by molar-refractivity contribution is 0.174. The van der Waals surface area contributed by atoms with E-state index < -0.39 is 0 Å². The number of hydrogen-bond acceptors (Lipinski definition) is 2. The van der Waals surface area contributed by atoms with Crippen LogP contribution in [0, 0.1) is 5.82 Å². The molecule has 1 fully saturated rings. The fraction of sp³-hybridized carbons (Fsp3) is 0.455. The molecule has 1 heterocycles. The SMILES string of the molecule is OC1CCN(Cc2c(F)cccc2Cl)C1. The predicted molar refractivity (Wildman–Crippen MR) is 57.3 cm³/mol. The lowest BCUT2D eigenvalue weighted by Gasteiger charge is -2.16. The van der Waals surface area contributed by atoms with Crippen LogP contribution in [0.5, 0.6) is 0 Å². The summed E-state index contributed by atoms with van der Waals surface area (Å²) in [4.78, 5) is 2.01. The summed E-state index contributed by atoms with van der Waals surface area (Å²) in [5, 5.41) is 9.80. The van der Waals surface area contributed by atoms with E-state index in [-0.39, 0.29) is 11.9 Å². The van der Waals surface area contributed by atoms with Crippen molar-refractivity contribution in [3.05, 3.63) is 34.6 Å². The molecule has 1 aliphatic heterocycles. The molecule has 0 radical (unpaired) electrons. The van der Waals surface area contributed by atoms with Crippen molar-refractivity contribution < 1.29 is 9.50 Å². The predicted octanol–water partition coefficient (Wildman–Crippen LogP) is 2.05. The number of rotatable bonds is 2. The summed E-state index contributed by atoms with van der Waals surface area (Å²) in [6.45, 7) is 1.87. The molecule has 0 amide bonds. The van der Waals surface area contributed by atoms with Crippen LogP contribution in [-0.4, -0.2) is 29.2 Å². The molecule has 1 aromatic rings. The van der Waals surface area contributed by atoms with Crippen molar-refractivity contribution in [2.75, 3.05) is 13.1 Å². The summed E-state index contributed by atoms with van der Waals surface area (Å²) >= 11 is 5.92. The van der Waals surface area contributed by atoms with Crippen LogP contribution >= 0.6 is 11.6 Å². The van der Waals surface area contributed by atoms with Crippen LogP contribution in [0.25, 0.3) is 0 Å². The highest BCUT2D eigenvalue weighted by Gasteiger charge is 2.21. The van der Waals surface area contributed by atoms with Gasteiger partial charge in [-0.2, -0.15) is 0 Å². The van der Waals surface area contributed by atoms with E-state index in [1.807, 2.05) is 4.90 Å². The van der Waals surface area contributed by atoms with Crippen molar-refractivity contribution in [3.8, 4) is 0 Å². The topological polar surface area (TPSA) is 23.5 Å². The quantitative estimate of drug-likeness (QED) is 0.839. The maximum absolute atomic E-state index is 13.4. The Labute approximate surface area is 93.3 Å². The molecule has 2 nitrogen and oxygen atoms in total. The first-order valence-electron chi connectivity index (χ1n) is 5.00. The summed E-state index contributed by atoms with van der Waals surface area (Å²) < 4.78 is 13.4. The van der Waals surface area contributed by atoms with Gasteiger partial charge in [0, 0.05) is 30.2 Å². The number of benzene rings is 1. The van der Waals surface area contributed by atoms with E-state index >= 15 is 0 Å². The number of nitrogens with zero attached hydrogens (tertiary/aromatic N) is 1. The zero-order valence-corrected chi connectivity index (χ0v) is 9.04. The van der Waals surface area contributed by atoms with Crippen LogP contribution in [0.4, 0.5) is 4.39 Å². The molecule has 1 aromatic carbocycles. The highest BCUT2D eigenvalue weighted by atomic mass is 35.5. The van der Waals surface area contributed by atoms with Gasteiger partial charge in [0.2, 0.25) is 0 Å². The molecule has 82 valence electrons. The van der Waals surface area contributed by atoms with Gasteiger partial charge in [0.15, 0.2) is 0 Å². The third-order valence-electron chi connectivity index (χ3n) is 2.69. The fourth-order valence-electron chi connectivity index (χ4n) is 1.86. The number of aliphatic hydroxyl groups is 1. The van der Waals surface area contributed by atoms with Crippen molar-refractivity contribution in [2.24, 2.45) is 0 Å². The second-order valence-corrected chi connectivity index (χ2v) is 4.29. The minimum Gasteiger partial charge on any atom is -0.392 e. The Hall–Kier alpha value is -0.640. The number of hydrogen-bond donors (Lipinski definition) is 1. The number of halogens is 2. The van der Waals surface area contributed by atoms with Gasteiger partial charge in [-0.25, -0.2) is 4.39 Å². The van der Waals surface area contributed by atoms with Gasteiger partial charge in [-0.05, 0) is 18.6 Å². The molecule has 15 heavy (non-hydrogen) atoms. The van der Waals surface area contributed by atoms with E-state index in [0.29, 0.717) is 23.7 Å². The summed E-state index contributed by atoms with van der Waals surface area (Å²) in [5.74, 6) is -0.274. The van der Waals surface area contributed by atoms with Crippen molar-refractivity contribution >= 4 is 11.6 Å². The number of likely N-dealkylation sites (tertiary alicyclic amines) is 1. The van der Waals surface area contributed by atoms with Gasteiger partial charge < -0.3 is 5.11 Å². The van der Waals surface area contributed by atoms with E-state index in [0.717, 1.165) is 13.0 Å². The second kappa shape index (κ2) is 4.47. The van der Waals surface area contributed by atoms with E-state index in [1.165, 1.54) is 6.07 Å². The molecule has 1 aliphatic rings. The molecule has 4 heteroatoms. The summed E-state index contributed by atoms with van der Waals surface area (Å²) in [6, 6.07) is 4.69. The van der Waals surface area contributed by atoms with Crippen LogP contribution in [-0.2, 0) is 6.54 Å². The molecule has 0 aliphatic carbocycles. The van der Waals surface area contributed by atoms with E-state index in [1.54, 1.807) is 12.1 Å². The first kappa shape index (κ1) is 10.9. The fourth-order valence-corrected chi connectivity index (χ4v) is 2.09. The molecule has 1 saturated heterocycles. The average Bonchev–Trinajstić information content (AvgIpc) is 2.58. The highest BCUT2D eigenvalue weighted by molar-refractivity contribution is 6.31. The van der Waals surface area contributed by atoms with Gasteiger partial charge >= 0.3 is 0 Å². The monoisotopic (exact) mass is 229 g/mol. The minimum atomic E-state index is -0.282. The van der Waals surface area contributed by atoms with Crippen LogP contribution in [0.3, 0.4) is 0 Å². The van der Waals surface area contributed by atoms with E-state index in [2.05, 4.69) is 0 Å². The Kier molecular flexibility index (Phi) is 3.24. The second-order valence-electron chi connectivity index (χ2n) is 3.88. The molecule has 0 saturated carbocycles. The smallest absolute Gasteiger partial charge is 0.129 e. The van der Waals surface area contributed by atoms with Crippen LogP contribution in [0.15, 0.2) is 18.2 Å². The Morgan fingerprint density at radius 2 is 2.33 bits per heavy atom. The van der Waals surface area contributed by atoms with Gasteiger partial charge in [-0.15, -0.1) is 0 Å². The molecular formula is C11H13ClFNO. The summed E-state index contributed by atoms with van der Waals surface area (Å²) in [7, 11) is 0. The third-order valence-corrected chi connectivity index (χ3v) is 3.05. The maximum Gasteiger partial charge on any atom is 0.129 e. The summed E-state index contributed by atoms with van der Waals surface area (Å²) in [5.41, 5.74) is 0.522. The van der Waals surface area contributed by atoms with Gasteiger partial charge in [-0.1, -0.05) is 17.7 Å². The molecule has 1 atom stereocenters. The van der Waals surface area contributed by atoms with Crippen molar-refractivity contribution in [2.45, 2.75) is 19.1 Å². The number of β-amino-alcohol motifs (C(OH)–C–C–N with tert-alkyl or cyclic N) is 1. The summed E-state index contributed by atoms with van der Waals surface area (Å²) in [6.07, 6.45) is 0.474. The molecule has 0 spiro atoms. The average molecular weight is 230 g/mol. The van der Waals surface area contributed by atoms with Gasteiger partial charge in [0.25, 0.3) is 0 Å². The third kappa shape index (κ3) is 2.48. The van der Waals surface area contributed by atoms with E-state index in [9.17, 15) is 9.50 Å².